The van der Waals surface area contributed by atoms with E-state index in [1.54, 1.807) is 14.2 Å². The summed E-state index contributed by atoms with van der Waals surface area (Å²) in [6.07, 6.45) is 3.72. The lowest BCUT2D eigenvalue weighted by atomic mass is 9.70. The molecule has 0 radical (unpaired) electrons. The Morgan fingerprint density at radius 2 is 2.05 bits per heavy atom. The minimum Gasteiger partial charge on any atom is -0.497 e. The monoisotopic (exact) mass is 292 g/mol. The summed E-state index contributed by atoms with van der Waals surface area (Å²) in [5.41, 5.74) is 0.961. The molecule has 1 fully saturated rings. The standard InChI is InChI=1S/C17H24O4/c1-4-11-5-7-13(17(18)19)14(9-11)15-10-12(20-2)6-8-16(15)21-3/h6,8,10-11,13-14H,4-5,7,9H2,1-3H3,(H,18,19). The second-order valence-electron chi connectivity index (χ2n) is 5.75. The van der Waals surface area contributed by atoms with Crippen molar-refractivity contribution < 1.29 is 19.4 Å². The Labute approximate surface area is 126 Å². The first kappa shape index (κ1) is 15.7. The number of hydrogen-bond acceptors (Lipinski definition) is 3. The van der Waals surface area contributed by atoms with Crippen LogP contribution >= 0.6 is 0 Å². The first-order valence-electron chi connectivity index (χ1n) is 7.55. The smallest absolute Gasteiger partial charge is 0.307 e. The van der Waals surface area contributed by atoms with Crippen LogP contribution in [0.1, 0.15) is 44.1 Å². The lowest BCUT2D eigenvalue weighted by Crippen LogP contribution is -2.29. The van der Waals surface area contributed by atoms with Gasteiger partial charge in [0.15, 0.2) is 0 Å². The highest BCUT2D eigenvalue weighted by Gasteiger charge is 2.36. The molecule has 0 spiro atoms. The van der Waals surface area contributed by atoms with E-state index in [1.165, 1.54) is 0 Å². The number of carbonyl (C=O) groups is 1. The first-order valence-corrected chi connectivity index (χ1v) is 7.55. The van der Waals surface area contributed by atoms with Crippen LogP contribution in [0.4, 0.5) is 0 Å². The minimum absolute atomic E-state index is 0.00810. The molecule has 0 aliphatic heterocycles. The molecule has 4 nitrogen and oxygen atoms in total. The van der Waals surface area contributed by atoms with Crippen molar-refractivity contribution in [2.45, 2.75) is 38.5 Å². The summed E-state index contributed by atoms with van der Waals surface area (Å²) < 4.78 is 10.7. The Bertz CT molecular complexity index is 498. The van der Waals surface area contributed by atoms with Crippen LogP contribution in [0, 0.1) is 11.8 Å². The molecule has 1 aromatic rings. The normalized spacial score (nSPS) is 25.4. The lowest BCUT2D eigenvalue weighted by Gasteiger charge is -2.34. The van der Waals surface area contributed by atoms with E-state index < -0.39 is 5.97 Å². The number of carboxylic acids is 1. The number of benzene rings is 1. The average molecular weight is 292 g/mol. The molecule has 1 aliphatic carbocycles. The molecular formula is C17H24O4. The Kier molecular flexibility index (Phi) is 5.10. The zero-order chi connectivity index (χ0) is 15.4. The third-order valence-corrected chi connectivity index (χ3v) is 4.69. The molecule has 0 bridgehead atoms. The van der Waals surface area contributed by atoms with Gasteiger partial charge in [-0.25, -0.2) is 0 Å². The predicted molar refractivity (Wildman–Crippen MR) is 81.0 cm³/mol. The fraction of sp³-hybridized carbons (Fsp3) is 0.588. The van der Waals surface area contributed by atoms with Crippen molar-refractivity contribution in [2.24, 2.45) is 11.8 Å². The maximum atomic E-state index is 11.6. The highest BCUT2D eigenvalue weighted by Crippen LogP contribution is 2.45. The van der Waals surface area contributed by atoms with Crippen LogP contribution in [0.5, 0.6) is 11.5 Å². The molecule has 3 unspecified atom stereocenters. The number of carboxylic acid groups (broad SMARTS) is 1. The largest absolute Gasteiger partial charge is 0.497 e. The number of ether oxygens (including phenoxy) is 2. The molecule has 1 aromatic carbocycles. The van der Waals surface area contributed by atoms with Gasteiger partial charge in [-0.15, -0.1) is 0 Å². The zero-order valence-electron chi connectivity index (χ0n) is 13.0. The molecule has 0 aromatic heterocycles. The van der Waals surface area contributed by atoms with Gasteiger partial charge in [0.25, 0.3) is 0 Å². The summed E-state index contributed by atoms with van der Waals surface area (Å²) in [6.45, 7) is 2.17. The summed E-state index contributed by atoms with van der Waals surface area (Å²) in [4.78, 5) is 11.6. The van der Waals surface area contributed by atoms with Crippen molar-refractivity contribution in [2.75, 3.05) is 14.2 Å². The Morgan fingerprint density at radius 3 is 2.62 bits per heavy atom. The molecule has 2 rings (SSSR count). The molecule has 116 valence electrons. The van der Waals surface area contributed by atoms with E-state index in [2.05, 4.69) is 6.92 Å². The van der Waals surface area contributed by atoms with E-state index in [1.807, 2.05) is 18.2 Å². The Morgan fingerprint density at radius 1 is 1.29 bits per heavy atom. The summed E-state index contributed by atoms with van der Waals surface area (Å²) in [6, 6.07) is 5.64. The van der Waals surface area contributed by atoms with Gasteiger partial charge in [-0.05, 0) is 43.4 Å². The summed E-state index contributed by atoms with van der Waals surface area (Å²) >= 11 is 0. The Hall–Kier alpha value is -1.71. The minimum atomic E-state index is -0.709. The van der Waals surface area contributed by atoms with Gasteiger partial charge < -0.3 is 14.6 Å². The van der Waals surface area contributed by atoms with Gasteiger partial charge in [-0.3, -0.25) is 4.79 Å². The second-order valence-corrected chi connectivity index (χ2v) is 5.75. The van der Waals surface area contributed by atoms with E-state index in [0.29, 0.717) is 5.92 Å². The SMILES string of the molecule is CCC1CCC(C(=O)O)C(c2cc(OC)ccc2OC)C1. The number of aliphatic carboxylic acids is 1. The van der Waals surface area contributed by atoms with E-state index in [4.69, 9.17) is 9.47 Å². The molecular weight excluding hydrogens is 268 g/mol. The van der Waals surface area contributed by atoms with Gasteiger partial charge in [0.05, 0.1) is 20.1 Å². The quantitative estimate of drug-likeness (QED) is 0.899. The van der Waals surface area contributed by atoms with Crippen LogP contribution in [0.2, 0.25) is 0 Å². The molecule has 21 heavy (non-hydrogen) atoms. The fourth-order valence-electron chi connectivity index (χ4n) is 3.40. The summed E-state index contributed by atoms with van der Waals surface area (Å²) in [5, 5.41) is 9.55. The average Bonchev–Trinajstić information content (AvgIpc) is 2.53. The van der Waals surface area contributed by atoms with Gasteiger partial charge >= 0.3 is 5.97 Å². The maximum absolute atomic E-state index is 11.6. The van der Waals surface area contributed by atoms with Crippen molar-refractivity contribution in [3.05, 3.63) is 23.8 Å². The first-order chi connectivity index (χ1) is 10.1. The van der Waals surface area contributed by atoms with Gasteiger partial charge in [0, 0.05) is 11.5 Å². The van der Waals surface area contributed by atoms with Crippen LogP contribution in [0.25, 0.3) is 0 Å². The van der Waals surface area contributed by atoms with Gasteiger partial charge in [0.2, 0.25) is 0 Å². The highest BCUT2D eigenvalue weighted by molar-refractivity contribution is 5.72. The fourth-order valence-corrected chi connectivity index (χ4v) is 3.40. The maximum Gasteiger partial charge on any atom is 0.307 e. The number of methoxy groups -OCH3 is 2. The number of rotatable bonds is 5. The van der Waals surface area contributed by atoms with Crippen molar-refractivity contribution in [3.8, 4) is 11.5 Å². The van der Waals surface area contributed by atoms with Crippen LogP contribution in [0.3, 0.4) is 0 Å². The third-order valence-electron chi connectivity index (χ3n) is 4.69. The van der Waals surface area contributed by atoms with Crippen molar-refractivity contribution in [1.29, 1.82) is 0 Å². The van der Waals surface area contributed by atoms with Crippen LogP contribution < -0.4 is 9.47 Å². The van der Waals surface area contributed by atoms with E-state index in [-0.39, 0.29) is 11.8 Å². The summed E-state index contributed by atoms with van der Waals surface area (Å²) in [7, 11) is 3.25. The van der Waals surface area contributed by atoms with Crippen molar-refractivity contribution >= 4 is 5.97 Å². The Balaban J connectivity index is 2.40. The van der Waals surface area contributed by atoms with Gasteiger partial charge in [-0.1, -0.05) is 13.3 Å². The molecule has 1 aliphatic rings. The molecule has 1 saturated carbocycles. The molecule has 3 atom stereocenters. The second kappa shape index (κ2) is 6.83. The molecule has 1 N–H and O–H groups in total. The molecule has 0 amide bonds. The van der Waals surface area contributed by atoms with Crippen LogP contribution in [-0.4, -0.2) is 25.3 Å². The predicted octanol–water partition coefficient (Wildman–Crippen LogP) is 3.70. The zero-order valence-corrected chi connectivity index (χ0v) is 13.0. The van der Waals surface area contributed by atoms with Gasteiger partial charge in [-0.2, -0.15) is 0 Å². The molecule has 0 heterocycles. The number of hydrogen-bond donors (Lipinski definition) is 1. The molecule has 0 saturated heterocycles. The van der Waals surface area contributed by atoms with Crippen LogP contribution in [0.15, 0.2) is 18.2 Å². The molecule has 4 heteroatoms. The van der Waals surface area contributed by atoms with Crippen LogP contribution in [-0.2, 0) is 4.79 Å². The van der Waals surface area contributed by atoms with Gasteiger partial charge in [0.1, 0.15) is 11.5 Å². The van der Waals surface area contributed by atoms with E-state index >= 15 is 0 Å². The highest BCUT2D eigenvalue weighted by atomic mass is 16.5. The topological polar surface area (TPSA) is 55.8 Å². The lowest BCUT2D eigenvalue weighted by molar-refractivity contribution is -0.143. The third kappa shape index (κ3) is 3.31. The summed E-state index contributed by atoms with van der Waals surface area (Å²) in [5.74, 6) is 1.03. The van der Waals surface area contributed by atoms with Crippen molar-refractivity contribution in [1.82, 2.24) is 0 Å². The van der Waals surface area contributed by atoms with E-state index in [0.717, 1.165) is 42.7 Å². The van der Waals surface area contributed by atoms with E-state index in [9.17, 15) is 9.90 Å². The van der Waals surface area contributed by atoms with Crippen molar-refractivity contribution in [3.63, 3.8) is 0 Å².